The fraction of sp³-hybridized carbons (Fsp3) is 0.500. The van der Waals surface area contributed by atoms with Crippen LogP contribution < -0.4 is 9.47 Å². The molecule has 3 nitrogen and oxygen atoms in total. The molecule has 2 heterocycles. The Labute approximate surface area is 89.0 Å². The van der Waals surface area contributed by atoms with Crippen molar-refractivity contribution in [3.05, 3.63) is 23.8 Å². The SMILES string of the molecule is c1cc2c(cc1OCC1CO1)CCCO2. The zero-order chi connectivity index (χ0) is 10.1. The number of rotatable bonds is 3. The monoisotopic (exact) mass is 206 g/mol. The number of aryl methyl sites for hydroxylation is 1. The molecule has 0 bridgehead atoms. The van der Waals surface area contributed by atoms with Crippen LogP contribution in [0.4, 0.5) is 0 Å². The molecule has 1 aromatic carbocycles. The highest BCUT2D eigenvalue weighted by Crippen LogP contribution is 2.28. The van der Waals surface area contributed by atoms with Crippen molar-refractivity contribution in [1.82, 2.24) is 0 Å². The minimum absolute atomic E-state index is 0.317. The van der Waals surface area contributed by atoms with Gasteiger partial charge in [0.25, 0.3) is 0 Å². The molecule has 0 saturated carbocycles. The van der Waals surface area contributed by atoms with E-state index in [4.69, 9.17) is 14.2 Å². The summed E-state index contributed by atoms with van der Waals surface area (Å²) in [5, 5.41) is 0. The maximum absolute atomic E-state index is 5.62. The van der Waals surface area contributed by atoms with Gasteiger partial charge in [-0.2, -0.15) is 0 Å². The van der Waals surface area contributed by atoms with Crippen molar-refractivity contribution in [1.29, 1.82) is 0 Å². The Kier molecular flexibility index (Phi) is 2.25. The van der Waals surface area contributed by atoms with Gasteiger partial charge in [0.1, 0.15) is 24.2 Å². The Morgan fingerprint density at radius 1 is 1.40 bits per heavy atom. The Morgan fingerprint density at radius 2 is 2.33 bits per heavy atom. The molecule has 0 aliphatic carbocycles. The fourth-order valence-corrected chi connectivity index (χ4v) is 1.78. The van der Waals surface area contributed by atoms with Gasteiger partial charge in [0.15, 0.2) is 0 Å². The molecule has 1 fully saturated rings. The van der Waals surface area contributed by atoms with Crippen LogP contribution in [-0.2, 0) is 11.2 Å². The van der Waals surface area contributed by atoms with Crippen LogP contribution >= 0.6 is 0 Å². The predicted molar refractivity (Wildman–Crippen MR) is 55.5 cm³/mol. The zero-order valence-electron chi connectivity index (χ0n) is 8.57. The lowest BCUT2D eigenvalue weighted by Crippen LogP contribution is -2.09. The standard InChI is InChI=1S/C12H14O3/c1-2-9-6-10(14-7-11-8-15-11)3-4-12(9)13-5-1/h3-4,6,11H,1-2,5,7-8H2. The molecule has 0 aromatic heterocycles. The van der Waals surface area contributed by atoms with Crippen molar-refractivity contribution >= 4 is 0 Å². The number of benzene rings is 1. The van der Waals surface area contributed by atoms with Gasteiger partial charge >= 0.3 is 0 Å². The van der Waals surface area contributed by atoms with Crippen LogP contribution in [0.15, 0.2) is 18.2 Å². The molecule has 1 unspecified atom stereocenters. The molecule has 0 amide bonds. The van der Waals surface area contributed by atoms with E-state index in [1.54, 1.807) is 0 Å². The van der Waals surface area contributed by atoms with Crippen LogP contribution in [0, 0.1) is 0 Å². The second kappa shape index (κ2) is 3.74. The molecule has 0 radical (unpaired) electrons. The third-order valence-electron chi connectivity index (χ3n) is 2.72. The Balaban J connectivity index is 1.71. The summed E-state index contributed by atoms with van der Waals surface area (Å²) < 4.78 is 16.2. The molecule has 0 N–H and O–H groups in total. The van der Waals surface area contributed by atoms with Gasteiger partial charge in [0, 0.05) is 0 Å². The van der Waals surface area contributed by atoms with E-state index in [2.05, 4.69) is 6.07 Å². The summed E-state index contributed by atoms with van der Waals surface area (Å²) in [7, 11) is 0. The first-order valence-electron chi connectivity index (χ1n) is 5.42. The lowest BCUT2D eigenvalue weighted by Gasteiger charge is -2.17. The summed E-state index contributed by atoms with van der Waals surface area (Å²) in [5.74, 6) is 1.94. The molecule has 1 aromatic rings. The lowest BCUT2D eigenvalue weighted by molar-refractivity contribution is 0.260. The minimum atomic E-state index is 0.317. The van der Waals surface area contributed by atoms with E-state index in [9.17, 15) is 0 Å². The van der Waals surface area contributed by atoms with E-state index in [-0.39, 0.29) is 0 Å². The highest BCUT2D eigenvalue weighted by atomic mass is 16.6. The predicted octanol–water partition coefficient (Wildman–Crippen LogP) is 1.79. The number of epoxide rings is 1. The first kappa shape index (κ1) is 9.04. The summed E-state index contributed by atoms with van der Waals surface area (Å²) in [6, 6.07) is 6.04. The van der Waals surface area contributed by atoms with E-state index in [1.807, 2.05) is 12.1 Å². The number of hydrogen-bond donors (Lipinski definition) is 0. The van der Waals surface area contributed by atoms with Gasteiger partial charge < -0.3 is 14.2 Å². The number of hydrogen-bond acceptors (Lipinski definition) is 3. The van der Waals surface area contributed by atoms with Gasteiger partial charge in [-0.05, 0) is 36.6 Å². The van der Waals surface area contributed by atoms with Crippen LogP contribution in [0.3, 0.4) is 0 Å². The highest BCUT2D eigenvalue weighted by molar-refractivity contribution is 5.41. The first-order chi connectivity index (χ1) is 7.42. The topological polar surface area (TPSA) is 31.0 Å². The molecule has 15 heavy (non-hydrogen) atoms. The quantitative estimate of drug-likeness (QED) is 0.706. The molecule has 1 saturated heterocycles. The van der Waals surface area contributed by atoms with Crippen molar-refractivity contribution in [2.24, 2.45) is 0 Å². The maximum Gasteiger partial charge on any atom is 0.122 e. The first-order valence-corrected chi connectivity index (χ1v) is 5.42. The Hall–Kier alpha value is -1.22. The van der Waals surface area contributed by atoms with Crippen molar-refractivity contribution in [2.75, 3.05) is 19.8 Å². The molecular formula is C12H14O3. The van der Waals surface area contributed by atoms with Gasteiger partial charge in [-0.15, -0.1) is 0 Å². The number of ether oxygens (including phenoxy) is 3. The second-order valence-electron chi connectivity index (χ2n) is 3.99. The van der Waals surface area contributed by atoms with E-state index in [0.717, 1.165) is 37.6 Å². The fourth-order valence-electron chi connectivity index (χ4n) is 1.78. The third-order valence-corrected chi connectivity index (χ3v) is 2.72. The van der Waals surface area contributed by atoms with Crippen LogP contribution in [0.25, 0.3) is 0 Å². The van der Waals surface area contributed by atoms with Gasteiger partial charge in [0.05, 0.1) is 13.2 Å². The molecule has 2 aliphatic heterocycles. The highest BCUT2D eigenvalue weighted by Gasteiger charge is 2.23. The molecule has 2 aliphatic rings. The molecule has 0 spiro atoms. The van der Waals surface area contributed by atoms with Crippen LogP contribution in [0.1, 0.15) is 12.0 Å². The van der Waals surface area contributed by atoms with Crippen LogP contribution in [0.2, 0.25) is 0 Å². The average Bonchev–Trinajstić information content (AvgIpc) is 3.10. The van der Waals surface area contributed by atoms with Crippen molar-refractivity contribution in [3.8, 4) is 11.5 Å². The van der Waals surface area contributed by atoms with Crippen LogP contribution in [-0.4, -0.2) is 25.9 Å². The zero-order valence-corrected chi connectivity index (χ0v) is 8.57. The molecular weight excluding hydrogens is 192 g/mol. The van der Waals surface area contributed by atoms with E-state index < -0.39 is 0 Å². The van der Waals surface area contributed by atoms with Crippen molar-refractivity contribution in [2.45, 2.75) is 18.9 Å². The van der Waals surface area contributed by atoms with Gasteiger partial charge in [0.2, 0.25) is 0 Å². The minimum Gasteiger partial charge on any atom is -0.493 e. The summed E-state index contributed by atoms with van der Waals surface area (Å²) in [4.78, 5) is 0. The maximum atomic E-state index is 5.62. The lowest BCUT2D eigenvalue weighted by atomic mass is 10.1. The summed E-state index contributed by atoms with van der Waals surface area (Å²) in [5.41, 5.74) is 1.26. The summed E-state index contributed by atoms with van der Waals surface area (Å²) in [6.45, 7) is 2.34. The van der Waals surface area contributed by atoms with Crippen molar-refractivity contribution in [3.63, 3.8) is 0 Å². The summed E-state index contributed by atoms with van der Waals surface area (Å²) in [6.07, 6.45) is 2.51. The smallest absolute Gasteiger partial charge is 0.122 e. The van der Waals surface area contributed by atoms with Crippen LogP contribution in [0.5, 0.6) is 11.5 Å². The molecule has 80 valence electrons. The third kappa shape index (κ3) is 2.07. The number of fused-ring (bicyclic) bond motifs is 1. The van der Waals surface area contributed by atoms with E-state index >= 15 is 0 Å². The molecule has 3 rings (SSSR count). The largest absolute Gasteiger partial charge is 0.493 e. The molecule has 1 atom stereocenters. The summed E-state index contributed by atoms with van der Waals surface area (Å²) >= 11 is 0. The average molecular weight is 206 g/mol. The Bertz CT molecular complexity index is 358. The van der Waals surface area contributed by atoms with E-state index in [1.165, 1.54) is 5.56 Å². The van der Waals surface area contributed by atoms with Gasteiger partial charge in [-0.1, -0.05) is 0 Å². The van der Waals surface area contributed by atoms with E-state index in [0.29, 0.717) is 12.7 Å². The van der Waals surface area contributed by atoms with Gasteiger partial charge in [-0.3, -0.25) is 0 Å². The Morgan fingerprint density at radius 3 is 3.20 bits per heavy atom. The molecule has 3 heteroatoms. The van der Waals surface area contributed by atoms with Crippen molar-refractivity contribution < 1.29 is 14.2 Å². The van der Waals surface area contributed by atoms with Gasteiger partial charge in [-0.25, -0.2) is 0 Å². The second-order valence-corrected chi connectivity index (χ2v) is 3.99. The normalized spacial score (nSPS) is 22.8.